The van der Waals surface area contributed by atoms with E-state index in [4.69, 9.17) is 0 Å². The maximum atomic E-state index is 2.38. The molecule has 0 nitrogen and oxygen atoms in total. The highest BCUT2D eigenvalue weighted by Crippen LogP contribution is 2.52. The van der Waals surface area contributed by atoms with E-state index < -0.39 is 0 Å². The van der Waals surface area contributed by atoms with E-state index in [0.29, 0.717) is 0 Å². The highest BCUT2D eigenvalue weighted by molar-refractivity contribution is 7.64. The fourth-order valence-corrected chi connectivity index (χ4v) is 8.05. The van der Waals surface area contributed by atoms with Gasteiger partial charge in [0.15, 0.2) is 0 Å². The van der Waals surface area contributed by atoms with Gasteiger partial charge in [0.25, 0.3) is 0 Å². The second-order valence-corrected chi connectivity index (χ2v) is 10.8. The predicted octanol–water partition coefficient (Wildman–Crippen LogP) is 8.30. The number of hydrogen-bond acceptors (Lipinski definition) is 0. The average molecular weight is 429 g/mol. The molecule has 0 amide bonds. The average Bonchev–Trinajstić information content (AvgIpc) is 2.86. The summed E-state index contributed by atoms with van der Waals surface area (Å²) in [6, 6.07) is 40.3. The van der Waals surface area contributed by atoms with Gasteiger partial charge >= 0.3 is 0 Å². The molecule has 154 valence electrons. The van der Waals surface area contributed by atoms with E-state index >= 15 is 0 Å². The molecule has 0 radical (unpaired) electrons. The van der Waals surface area contributed by atoms with Crippen LogP contribution in [0.25, 0.3) is 33.0 Å². The molecule has 1 atom stereocenters. The molecular weight excluding hydrogens is 403 g/mol. The van der Waals surface area contributed by atoms with Gasteiger partial charge in [-0.3, -0.25) is 0 Å². The van der Waals surface area contributed by atoms with Crippen molar-refractivity contribution in [2.75, 3.05) is 0 Å². The van der Waals surface area contributed by atoms with Crippen LogP contribution >= 0.6 is 7.92 Å². The van der Waals surface area contributed by atoms with Gasteiger partial charge in [-0.15, -0.1) is 0 Å². The van der Waals surface area contributed by atoms with Crippen LogP contribution < -0.4 is 5.30 Å². The van der Waals surface area contributed by atoms with Gasteiger partial charge in [0.2, 0.25) is 0 Å². The van der Waals surface area contributed by atoms with Crippen LogP contribution in [0.3, 0.4) is 0 Å². The Labute approximate surface area is 191 Å². The zero-order chi connectivity index (χ0) is 21.5. The first kappa shape index (κ1) is 19.5. The molecule has 0 bridgehead atoms. The van der Waals surface area contributed by atoms with E-state index in [9.17, 15) is 0 Å². The lowest BCUT2D eigenvalue weighted by Crippen LogP contribution is -2.15. The van der Waals surface area contributed by atoms with E-state index in [1.165, 1.54) is 49.7 Å². The van der Waals surface area contributed by atoms with Crippen molar-refractivity contribution in [3.63, 3.8) is 0 Å². The van der Waals surface area contributed by atoms with Crippen LogP contribution in [-0.2, 0) is 12.3 Å². The molecule has 0 N–H and O–H groups in total. The Morgan fingerprint density at radius 3 is 1.72 bits per heavy atom. The standard InChI is InChI=1S/C31H25P/c1-22-18-19-26-21-32(20-25-14-8-15-27(22)30(25)26)31-28(23-10-4-2-5-11-23)16-9-17-29(31)24-12-6-3-7-13-24/h2-19H,20-21H2,1H3. The van der Waals surface area contributed by atoms with Crippen LogP contribution in [0.2, 0.25) is 0 Å². The molecule has 1 heterocycles. The summed E-state index contributed by atoms with van der Waals surface area (Å²) in [5.74, 6) is 0. The highest BCUT2D eigenvalue weighted by Gasteiger charge is 2.26. The van der Waals surface area contributed by atoms with Crippen LogP contribution in [0.4, 0.5) is 0 Å². The molecule has 0 aromatic heterocycles. The van der Waals surface area contributed by atoms with Crippen molar-refractivity contribution in [3.05, 3.63) is 126 Å². The van der Waals surface area contributed by atoms with Crippen molar-refractivity contribution in [1.29, 1.82) is 0 Å². The van der Waals surface area contributed by atoms with Crippen molar-refractivity contribution >= 4 is 24.0 Å². The third-order valence-corrected chi connectivity index (χ3v) is 9.23. The molecule has 32 heavy (non-hydrogen) atoms. The molecule has 0 spiro atoms. The fourth-order valence-electron chi connectivity index (χ4n) is 5.18. The molecule has 1 heteroatoms. The zero-order valence-electron chi connectivity index (χ0n) is 18.3. The van der Waals surface area contributed by atoms with Crippen molar-refractivity contribution in [3.8, 4) is 22.3 Å². The van der Waals surface area contributed by atoms with Gasteiger partial charge in [-0.05, 0) is 74.3 Å². The Morgan fingerprint density at radius 2 is 1.09 bits per heavy atom. The summed E-state index contributed by atoms with van der Waals surface area (Å²) in [5, 5.41) is 4.47. The number of hydrogen-bond donors (Lipinski definition) is 0. The second-order valence-electron chi connectivity index (χ2n) is 8.67. The van der Waals surface area contributed by atoms with Gasteiger partial charge in [-0.2, -0.15) is 0 Å². The second kappa shape index (κ2) is 8.05. The minimum atomic E-state index is -0.378. The maximum Gasteiger partial charge on any atom is -0.00231 e. The smallest absolute Gasteiger partial charge is 0.00231 e. The quantitative estimate of drug-likeness (QED) is 0.254. The molecule has 5 aromatic rings. The minimum Gasteiger partial charge on any atom is -0.0650 e. The summed E-state index contributed by atoms with van der Waals surface area (Å²) in [6.45, 7) is 2.23. The fraction of sp³-hybridized carbons (Fsp3) is 0.0968. The molecule has 0 aliphatic carbocycles. The van der Waals surface area contributed by atoms with Crippen LogP contribution in [0, 0.1) is 6.92 Å². The van der Waals surface area contributed by atoms with E-state index in [-0.39, 0.29) is 7.92 Å². The Bertz CT molecular complexity index is 1350. The summed E-state index contributed by atoms with van der Waals surface area (Å²) in [4.78, 5) is 0. The lowest BCUT2D eigenvalue weighted by Gasteiger charge is -2.30. The van der Waals surface area contributed by atoms with Gasteiger partial charge in [0.1, 0.15) is 0 Å². The summed E-state index contributed by atoms with van der Waals surface area (Å²) < 4.78 is 0. The number of aryl methyl sites for hydroxylation is 1. The molecular formula is C31H25P. The third kappa shape index (κ3) is 3.27. The van der Waals surface area contributed by atoms with Crippen LogP contribution in [0.15, 0.2) is 109 Å². The summed E-state index contributed by atoms with van der Waals surface area (Å²) in [7, 11) is -0.378. The first-order valence-corrected chi connectivity index (χ1v) is 13.0. The largest absolute Gasteiger partial charge is 0.0650 e. The SMILES string of the molecule is Cc1ccc2c3c(cccc13)CP(c1c(-c3ccccc3)cccc1-c1ccccc1)C2. The summed E-state index contributed by atoms with van der Waals surface area (Å²) >= 11 is 0. The van der Waals surface area contributed by atoms with Gasteiger partial charge in [-0.1, -0.05) is 117 Å². The van der Waals surface area contributed by atoms with Crippen LogP contribution in [0.5, 0.6) is 0 Å². The predicted molar refractivity (Wildman–Crippen MR) is 140 cm³/mol. The molecule has 5 aromatic carbocycles. The Kier molecular flexibility index (Phi) is 4.90. The van der Waals surface area contributed by atoms with E-state index in [1.807, 2.05) is 0 Å². The molecule has 0 saturated carbocycles. The first-order valence-electron chi connectivity index (χ1n) is 11.3. The highest BCUT2D eigenvalue weighted by atomic mass is 31.1. The molecule has 0 fully saturated rings. The van der Waals surface area contributed by atoms with Crippen molar-refractivity contribution in [2.24, 2.45) is 0 Å². The molecule has 1 aliphatic heterocycles. The zero-order valence-corrected chi connectivity index (χ0v) is 19.1. The maximum absolute atomic E-state index is 2.38. The molecule has 6 rings (SSSR count). The first-order chi connectivity index (χ1) is 15.8. The number of rotatable bonds is 3. The van der Waals surface area contributed by atoms with Gasteiger partial charge in [0.05, 0.1) is 0 Å². The van der Waals surface area contributed by atoms with Gasteiger partial charge in [0, 0.05) is 0 Å². The van der Waals surface area contributed by atoms with Crippen molar-refractivity contribution in [2.45, 2.75) is 19.2 Å². The Balaban J connectivity index is 1.57. The topological polar surface area (TPSA) is 0 Å². The lowest BCUT2D eigenvalue weighted by atomic mass is 9.97. The Hall–Kier alpha value is -3.21. The molecule has 1 aliphatic rings. The number of benzene rings is 5. The normalized spacial score (nSPS) is 15.1. The van der Waals surface area contributed by atoms with Crippen molar-refractivity contribution in [1.82, 2.24) is 0 Å². The Morgan fingerprint density at radius 1 is 0.531 bits per heavy atom. The monoisotopic (exact) mass is 428 g/mol. The summed E-state index contributed by atoms with van der Waals surface area (Å²) in [6.07, 6.45) is 2.29. The van der Waals surface area contributed by atoms with Crippen LogP contribution in [0.1, 0.15) is 16.7 Å². The molecule has 1 unspecified atom stereocenters. The van der Waals surface area contributed by atoms with Gasteiger partial charge in [-0.25, -0.2) is 0 Å². The molecule has 0 saturated heterocycles. The van der Waals surface area contributed by atoms with Gasteiger partial charge < -0.3 is 0 Å². The van der Waals surface area contributed by atoms with Crippen molar-refractivity contribution < 1.29 is 0 Å². The van der Waals surface area contributed by atoms with Crippen LogP contribution in [-0.4, -0.2) is 0 Å². The minimum absolute atomic E-state index is 0.378. The van der Waals surface area contributed by atoms with E-state index in [0.717, 1.165) is 12.3 Å². The lowest BCUT2D eigenvalue weighted by molar-refractivity contribution is 1.30. The summed E-state index contributed by atoms with van der Waals surface area (Å²) in [5.41, 5.74) is 9.82. The third-order valence-electron chi connectivity index (χ3n) is 6.68. The van der Waals surface area contributed by atoms with E-state index in [2.05, 4.69) is 116 Å². The van der Waals surface area contributed by atoms with E-state index in [1.54, 1.807) is 5.30 Å².